The van der Waals surface area contributed by atoms with Gasteiger partial charge in [0.2, 0.25) is 11.8 Å². The van der Waals surface area contributed by atoms with Gasteiger partial charge in [-0.05, 0) is 13.8 Å². The molecule has 0 aromatic carbocycles. The highest BCUT2D eigenvalue weighted by atomic mass is 32.2. The number of rotatable bonds is 5. The van der Waals surface area contributed by atoms with Crippen molar-refractivity contribution >= 4 is 23.6 Å². The summed E-state index contributed by atoms with van der Waals surface area (Å²) in [6.07, 6.45) is 0. The Labute approximate surface area is 136 Å². The van der Waals surface area contributed by atoms with Crippen LogP contribution in [0.3, 0.4) is 0 Å². The van der Waals surface area contributed by atoms with E-state index in [-0.39, 0.29) is 22.4 Å². The zero-order valence-electron chi connectivity index (χ0n) is 13.3. The molecule has 2 aromatic rings. The molecule has 0 radical (unpaired) electrons. The van der Waals surface area contributed by atoms with Crippen molar-refractivity contribution in [2.75, 3.05) is 5.32 Å². The van der Waals surface area contributed by atoms with Crippen LogP contribution in [0.25, 0.3) is 0 Å². The van der Waals surface area contributed by atoms with Gasteiger partial charge in [-0.1, -0.05) is 5.16 Å². The third-order valence-corrected chi connectivity index (χ3v) is 4.53. The molecular formula is C14H18N4O4S. The summed E-state index contributed by atoms with van der Waals surface area (Å²) >= 11 is 1.32. The number of hydrogen-bond acceptors (Lipinski definition) is 6. The third kappa shape index (κ3) is 3.92. The van der Waals surface area contributed by atoms with E-state index < -0.39 is 0 Å². The second-order valence-corrected chi connectivity index (χ2v) is 6.48. The van der Waals surface area contributed by atoms with Crippen molar-refractivity contribution in [3.05, 3.63) is 44.4 Å². The Hall–Kier alpha value is -2.29. The average Bonchev–Trinajstić information content (AvgIpc) is 2.92. The third-order valence-electron chi connectivity index (χ3n) is 3.35. The predicted molar refractivity (Wildman–Crippen MR) is 87.6 cm³/mol. The topological polar surface area (TPSA) is 99.1 Å². The highest BCUT2D eigenvalue weighted by Gasteiger charge is 2.16. The lowest BCUT2D eigenvalue weighted by Gasteiger charge is -2.12. The Bertz CT molecular complexity index is 836. The van der Waals surface area contributed by atoms with E-state index in [2.05, 4.69) is 10.5 Å². The molecule has 23 heavy (non-hydrogen) atoms. The first-order valence-electron chi connectivity index (χ1n) is 6.91. The summed E-state index contributed by atoms with van der Waals surface area (Å²) in [6.45, 7) is 3.50. The van der Waals surface area contributed by atoms with Crippen LogP contribution in [0.2, 0.25) is 0 Å². The van der Waals surface area contributed by atoms with E-state index in [1.807, 2.05) is 0 Å². The molecule has 0 aliphatic heterocycles. The molecule has 2 aromatic heterocycles. The first-order chi connectivity index (χ1) is 10.8. The lowest BCUT2D eigenvalue weighted by molar-refractivity contribution is -0.115. The smallest absolute Gasteiger partial charge is 0.330 e. The Morgan fingerprint density at radius 1 is 1.35 bits per heavy atom. The molecule has 1 amide bonds. The Kier molecular flexibility index (Phi) is 5.09. The molecule has 0 saturated carbocycles. The number of aryl methyl sites for hydroxylation is 1. The van der Waals surface area contributed by atoms with Crippen LogP contribution < -0.4 is 16.6 Å². The second kappa shape index (κ2) is 6.86. The predicted octanol–water partition coefficient (Wildman–Crippen LogP) is 0.641. The summed E-state index contributed by atoms with van der Waals surface area (Å²) in [6, 6.07) is 3.03. The van der Waals surface area contributed by atoms with E-state index in [0.717, 1.165) is 4.57 Å². The van der Waals surface area contributed by atoms with Gasteiger partial charge in [-0.3, -0.25) is 24.0 Å². The molecule has 8 nitrogen and oxygen atoms in total. The van der Waals surface area contributed by atoms with Crippen LogP contribution in [0.5, 0.6) is 0 Å². The average molecular weight is 338 g/mol. The van der Waals surface area contributed by atoms with Gasteiger partial charge < -0.3 is 4.52 Å². The normalized spacial score (nSPS) is 12.2. The molecule has 0 aliphatic carbocycles. The van der Waals surface area contributed by atoms with Gasteiger partial charge in [-0.25, -0.2) is 4.79 Å². The van der Waals surface area contributed by atoms with Crippen molar-refractivity contribution in [2.45, 2.75) is 24.9 Å². The number of anilines is 1. The van der Waals surface area contributed by atoms with Gasteiger partial charge in [0.15, 0.2) is 0 Å². The molecule has 2 rings (SSSR count). The first-order valence-corrected chi connectivity index (χ1v) is 7.96. The minimum Gasteiger partial charge on any atom is -0.338 e. The Morgan fingerprint density at radius 3 is 2.65 bits per heavy atom. The van der Waals surface area contributed by atoms with Gasteiger partial charge >= 0.3 is 5.69 Å². The number of amides is 1. The van der Waals surface area contributed by atoms with Crippen LogP contribution in [0.1, 0.15) is 18.3 Å². The van der Waals surface area contributed by atoms with Crippen LogP contribution in [0.4, 0.5) is 5.88 Å². The summed E-state index contributed by atoms with van der Waals surface area (Å²) in [5.41, 5.74) is 0.495. The van der Waals surface area contributed by atoms with E-state index >= 15 is 0 Å². The van der Waals surface area contributed by atoms with E-state index in [4.69, 9.17) is 4.52 Å². The Balaban J connectivity index is 2.02. The number of carbonyl (C=O) groups excluding carboxylic acids is 1. The fraction of sp³-hybridized carbons (Fsp3) is 0.429. The number of hydrogen-bond donors (Lipinski definition) is 1. The molecule has 0 unspecified atom stereocenters. The number of nitrogens with zero attached hydrogens (tertiary/aromatic N) is 3. The van der Waals surface area contributed by atoms with Crippen LogP contribution in [-0.4, -0.2) is 25.4 Å². The second-order valence-electron chi connectivity index (χ2n) is 5.15. The number of thioether (sulfide) groups is 1. The van der Waals surface area contributed by atoms with Crippen molar-refractivity contribution in [3.63, 3.8) is 0 Å². The van der Waals surface area contributed by atoms with Gasteiger partial charge in [0.25, 0.3) is 5.56 Å². The standard InChI is InChI=1S/C14H18N4O4S/c1-8-5-11(22-16-8)15-13(20)9(2)23-7-10-6-12(19)18(4)14(21)17(10)3/h5-6,9H,7H2,1-4H3,(H,15,20)/t9-/m0/s1. The molecule has 0 spiro atoms. The zero-order chi connectivity index (χ0) is 17.1. The number of nitrogens with one attached hydrogen (secondary N) is 1. The van der Waals surface area contributed by atoms with E-state index in [1.165, 1.54) is 29.4 Å². The zero-order valence-corrected chi connectivity index (χ0v) is 14.1. The summed E-state index contributed by atoms with van der Waals surface area (Å²) in [4.78, 5) is 35.6. The molecule has 9 heteroatoms. The van der Waals surface area contributed by atoms with Crippen molar-refractivity contribution in [3.8, 4) is 0 Å². The van der Waals surface area contributed by atoms with E-state index in [1.54, 1.807) is 27.0 Å². The Morgan fingerprint density at radius 2 is 2.04 bits per heavy atom. The summed E-state index contributed by atoms with van der Waals surface area (Å²) in [7, 11) is 3.02. The maximum absolute atomic E-state index is 12.1. The SMILES string of the molecule is Cc1cc(NC(=O)[C@H](C)SCc2cc(=O)n(C)c(=O)n2C)on1. The molecule has 0 saturated heterocycles. The van der Waals surface area contributed by atoms with E-state index in [0.29, 0.717) is 23.0 Å². The molecular weight excluding hydrogens is 320 g/mol. The number of carbonyl (C=O) groups is 1. The van der Waals surface area contributed by atoms with Crippen molar-refractivity contribution in [1.82, 2.24) is 14.3 Å². The van der Waals surface area contributed by atoms with Crippen LogP contribution in [0.15, 0.2) is 26.2 Å². The first kappa shape index (κ1) is 17.1. The molecule has 2 heterocycles. The largest absolute Gasteiger partial charge is 0.338 e. The fourth-order valence-electron chi connectivity index (χ4n) is 1.85. The summed E-state index contributed by atoms with van der Waals surface area (Å²) < 4.78 is 7.37. The molecule has 1 atom stereocenters. The fourth-order valence-corrected chi connectivity index (χ4v) is 2.76. The lowest BCUT2D eigenvalue weighted by Crippen LogP contribution is -2.38. The minimum atomic E-state index is -0.389. The molecule has 124 valence electrons. The van der Waals surface area contributed by atoms with Gasteiger partial charge in [0.05, 0.1) is 10.9 Å². The van der Waals surface area contributed by atoms with Crippen LogP contribution in [0, 0.1) is 6.92 Å². The summed E-state index contributed by atoms with van der Waals surface area (Å²) in [5, 5.41) is 5.92. The molecule has 0 fully saturated rings. The van der Waals surface area contributed by atoms with Crippen molar-refractivity contribution < 1.29 is 9.32 Å². The van der Waals surface area contributed by atoms with Crippen molar-refractivity contribution in [1.29, 1.82) is 0 Å². The highest BCUT2D eigenvalue weighted by molar-refractivity contribution is 7.99. The van der Waals surface area contributed by atoms with Crippen LogP contribution in [-0.2, 0) is 24.6 Å². The number of aromatic nitrogens is 3. The van der Waals surface area contributed by atoms with Gasteiger partial charge in [-0.15, -0.1) is 11.8 Å². The quantitative estimate of drug-likeness (QED) is 0.859. The molecule has 0 aliphatic rings. The maximum Gasteiger partial charge on any atom is 0.330 e. The minimum absolute atomic E-state index is 0.236. The van der Waals surface area contributed by atoms with Gasteiger partial charge in [-0.2, -0.15) is 0 Å². The van der Waals surface area contributed by atoms with Crippen molar-refractivity contribution in [2.24, 2.45) is 14.1 Å². The monoisotopic (exact) mass is 338 g/mol. The molecule has 0 bridgehead atoms. The van der Waals surface area contributed by atoms with Crippen LogP contribution >= 0.6 is 11.8 Å². The van der Waals surface area contributed by atoms with E-state index in [9.17, 15) is 14.4 Å². The highest BCUT2D eigenvalue weighted by Crippen LogP contribution is 2.18. The molecule has 1 N–H and O–H groups in total. The maximum atomic E-state index is 12.1. The lowest BCUT2D eigenvalue weighted by atomic mass is 10.4. The summed E-state index contributed by atoms with van der Waals surface area (Å²) in [5.74, 6) is 0.423. The van der Waals surface area contributed by atoms with Gasteiger partial charge in [0, 0.05) is 37.7 Å². The van der Waals surface area contributed by atoms with Gasteiger partial charge in [0.1, 0.15) is 0 Å².